The summed E-state index contributed by atoms with van der Waals surface area (Å²) in [6.45, 7) is 5.65. The van der Waals surface area contributed by atoms with Crippen molar-refractivity contribution in [1.82, 2.24) is 24.3 Å². The fourth-order valence-electron chi connectivity index (χ4n) is 2.15. The molecule has 0 saturated carbocycles. The number of aryl methyl sites for hydroxylation is 2. The van der Waals surface area contributed by atoms with Gasteiger partial charge < -0.3 is 19.2 Å². The molecule has 1 N–H and O–H groups in total. The van der Waals surface area contributed by atoms with Crippen molar-refractivity contribution >= 4 is 5.95 Å². The summed E-state index contributed by atoms with van der Waals surface area (Å²) in [6, 6.07) is 0.0774. The number of rotatable bonds is 7. The van der Waals surface area contributed by atoms with Gasteiger partial charge in [0.2, 0.25) is 5.95 Å². The van der Waals surface area contributed by atoms with E-state index in [1.807, 2.05) is 24.7 Å². The smallest absolute Gasteiger partial charge is 0.203 e. The number of aromatic nitrogens is 5. The van der Waals surface area contributed by atoms with E-state index in [-0.39, 0.29) is 6.04 Å². The Kier molecular flexibility index (Phi) is 4.73. The van der Waals surface area contributed by atoms with E-state index in [9.17, 15) is 0 Å². The Morgan fingerprint density at radius 1 is 1.45 bits per heavy atom. The third kappa shape index (κ3) is 3.16. The Morgan fingerprint density at radius 2 is 2.25 bits per heavy atom. The van der Waals surface area contributed by atoms with Gasteiger partial charge in [0.15, 0.2) is 5.82 Å². The minimum absolute atomic E-state index is 0.0774. The molecule has 0 saturated heterocycles. The number of nitrogens with one attached hydrogen (secondary N) is 1. The highest BCUT2D eigenvalue weighted by Gasteiger charge is 2.17. The summed E-state index contributed by atoms with van der Waals surface area (Å²) in [6.07, 6.45) is 4.68. The van der Waals surface area contributed by atoms with Crippen molar-refractivity contribution in [3.05, 3.63) is 24.0 Å². The fraction of sp³-hybridized carbons (Fsp3) is 0.615. The lowest BCUT2D eigenvalue weighted by atomic mass is 10.3. The van der Waals surface area contributed by atoms with Crippen LogP contribution in [0.3, 0.4) is 0 Å². The number of hydrogen-bond acceptors (Lipinski definition) is 5. The number of hydrogen-bond donors (Lipinski definition) is 1. The van der Waals surface area contributed by atoms with E-state index in [4.69, 9.17) is 4.74 Å². The van der Waals surface area contributed by atoms with E-state index in [0.29, 0.717) is 0 Å². The maximum Gasteiger partial charge on any atom is 0.203 e. The van der Waals surface area contributed by atoms with E-state index in [0.717, 1.165) is 37.0 Å². The van der Waals surface area contributed by atoms with Crippen LogP contribution in [-0.4, -0.2) is 44.6 Å². The zero-order valence-electron chi connectivity index (χ0n) is 12.5. The van der Waals surface area contributed by atoms with E-state index >= 15 is 0 Å². The third-order valence-electron chi connectivity index (χ3n) is 3.20. The molecule has 0 aromatic carbocycles. The van der Waals surface area contributed by atoms with Gasteiger partial charge in [-0.25, -0.2) is 4.98 Å². The Labute approximate surface area is 119 Å². The van der Waals surface area contributed by atoms with Crippen molar-refractivity contribution in [3.8, 4) is 0 Å². The maximum atomic E-state index is 5.05. The standard InChI is InChI=1S/C13H22N6O/c1-10-8-19(11(2)12-17-15-9-18(12)3)13(16-10)14-6-5-7-20-4/h8-9,11H,5-7H2,1-4H3,(H,14,16). The van der Waals surface area contributed by atoms with Crippen molar-refractivity contribution < 1.29 is 4.74 Å². The molecule has 7 heteroatoms. The van der Waals surface area contributed by atoms with Gasteiger partial charge in [0.1, 0.15) is 6.33 Å². The first kappa shape index (κ1) is 14.5. The highest BCUT2D eigenvalue weighted by molar-refractivity contribution is 5.30. The van der Waals surface area contributed by atoms with Gasteiger partial charge in [-0.3, -0.25) is 0 Å². The highest BCUT2D eigenvalue weighted by atomic mass is 16.5. The Hall–Kier alpha value is -1.89. The predicted molar refractivity (Wildman–Crippen MR) is 76.8 cm³/mol. The SMILES string of the molecule is COCCCNc1nc(C)cn1C(C)c1nncn1C. The number of imidazole rings is 1. The molecule has 7 nitrogen and oxygen atoms in total. The molecule has 1 unspecified atom stereocenters. The van der Waals surface area contributed by atoms with Crippen LogP contribution in [0.25, 0.3) is 0 Å². The first-order valence-electron chi connectivity index (χ1n) is 6.75. The molecule has 0 fully saturated rings. The Balaban J connectivity index is 2.13. The normalized spacial score (nSPS) is 12.6. The number of anilines is 1. The lowest BCUT2D eigenvalue weighted by Gasteiger charge is -2.16. The van der Waals surface area contributed by atoms with Gasteiger partial charge in [0.25, 0.3) is 0 Å². The molecule has 110 valence electrons. The topological polar surface area (TPSA) is 69.8 Å². The summed E-state index contributed by atoms with van der Waals surface area (Å²) in [5, 5.41) is 11.4. The van der Waals surface area contributed by atoms with E-state index in [2.05, 4.69) is 32.0 Å². The van der Waals surface area contributed by atoms with Crippen LogP contribution in [0.5, 0.6) is 0 Å². The van der Waals surface area contributed by atoms with Crippen molar-refractivity contribution in [2.45, 2.75) is 26.3 Å². The monoisotopic (exact) mass is 278 g/mol. The average molecular weight is 278 g/mol. The van der Waals surface area contributed by atoms with E-state index < -0.39 is 0 Å². The van der Waals surface area contributed by atoms with Gasteiger partial charge >= 0.3 is 0 Å². The van der Waals surface area contributed by atoms with Gasteiger partial charge in [-0.2, -0.15) is 0 Å². The van der Waals surface area contributed by atoms with Crippen LogP contribution in [-0.2, 0) is 11.8 Å². The lowest BCUT2D eigenvalue weighted by molar-refractivity contribution is 0.197. The summed E-state index contributed by atoms with van der Waals surface area (Å²) in [5.41, 5.74) is 0.980. The molecule has 0 aliphatic carbocycles. The zero-order chi connectivity index (χ0) is 14.5. The van der Waals surface area contributed by atoms with Crippen LogP contribution in [0, 0.1) is 6.92 Å². The molecule has 1 atom stereocenters. The van der Waals surface area contributed by atoms with Gasteiger partial charge in [0.05, 0.1) is 11.7 Å². The molecule has 2 heterocycles. The van der Waals surface area contributed by atoms with Gasteiger partial charge in [-0.05, 0) is 20.3 Å². The molecule has 2 aromatic heterocycles. The van der Waals surface area contributed by atoms with Crippen LogP contribution in [0.15, 0.2) is 12.5 Å². The van der Waals surface area contributed by atoms with Gasteiger partial charge in [-0.1, -0.05) is 0 Å². The molecule has 0 amide bonds. The van der Waals surface area contributed by atoms with Gasteiger partial charge in [-0.15, -0.1) is 10.2 Å². The molecular weight excluding hydrogens is 256 g/mol. The van der Waals surface area contributed by atoms with Crippen molar-refractivity contribution in [2.24, 2.45) is 7.05 Å². The van der Waals surface area contributed by atoms with Crippen LogP contribution in [0.4, 0.5) is 5.95 Å². The quantitative estimate of drug-likeness (QED) is 0.775. The van der Waals surface area contributed by atoms with Gasteiger partial charge in [0, 0.05) is 33.5 Å². The average Bonchev–Trinajstić information content (AvgIpc) is 3.00. The first-order chi connectivity index (χ1) is 9.63. The zero-order valence-corrected chi connectivity index (χ0v) is 12.5. The van der Waals surface area contributed by atoms with Crippen molar-refractivity contribution in [3.63, 3.8) is 0 Å². The first-order valence-corrected chi connectivity index (χ1v) is 6.75. The molecule has 0 bridgehead atoms. The molecule has 20 heavy (non-hydrogen) atoms. The molecule has 0 aliphatic heterocycles. The second-order valence-corrected chi connectivity index (χ2v) is 4.86. The summed E-state index contributed by atoms with van der Waals surface area (Å²) >= 11 is 0. The van der Waals surface area contributed by atoms with Crippen LogP contribution in [0.2, 0.25) is 0 Å². The second-order valence-electron chi connectivity index (χ2n) is 4.86. The van der Waals surface area contributed by atoms with Crippen LogP contribution >= 0.6 is 0 Å². The second kappa shape index (κ2) is 6.51. The minimum atomic E-state index is 0.0774. The molecule has 0 aliphatic rings. The molecule has 0 spiro atoms. The van der Waals surface area contributed by atoms with Crippen molar-refractivity contribution in [1.29, 1.82) is 0 Å². The Morgan fingerprint density at radius 3 is 2.90 bits per heavy atom. The predicted octanol–water partition coefficient (Wildman–Crippen LogP) is 1.38. The van der Waals surface area contributed by atoms with E-state index in [1.165, 1.54) is 0 Å². The number of ether oxygens (including phenoxy) is 1. The number of nitrogens with zero attached hydrogens (tertiary/aromatic N) is 5. The minimum Gasteiger partial charge on any atom is -0.385 e. The molecule has 2 aromatic rings. The van der Waals surface area contributed by atoms with E-state index in [1.54, 1.807) is 13.4 Å². The van der Waals surface area contributed by atoms with Crippen LogP contribution < -0.4 is 5.32 Å². The summed E-state index contributed by atoms with van der Waals surface area (Å²) < 4.78 is 9.06. The van der Waals surface area contributed by atoms with Crippen LogP contribution in [0.1, 0.15) is 30.9 Å². The number of methoxy groups -OCH3 is 1. The summed E-state index contributed by atoms with van der Waals surface area (Å²) in [7, 11) is 3.66. The third-order valence-corrected chi connectivity index (χ3v) is 3.20. The van der Waals surface area contributed by atoms with Crippen molar-refractivity contribution in [2.75, 3.05) is 25.6 Å². The maximum absolute atomic E-state index is 5.05. The molecule has 2 rings (SSSR count). The molecule has 0 radical (unpaired) electrons. The lowest BCUT2D eigenvalue weighted by Crippen LogP contribution is -2.16. The summed E-state index contributed by atoms with van der Waals surface area (Å²) in [4.78, 5) is 4.52. The fourth-order valence-corrected chi connectivity index (χ4v) is 2.15. The summed E-state index contributed by atoms with van der Waals surface area (Å²) in [5.74, 6) is 1.76. The largest absolute Gasteiger partial charge is 0.385 e. The Bertz CT molecular complexity index is 547. The highest BCUT2D eigenvalue weighted by Crippen LogP contribution is 2.20. The molecular formula is C13H22N6O.